The zero-order valence-corrected chi connectivity index (χ0v) is 12.4. The van der Waals surface area contributed by atoms with Crippen LogP contribution in [0.5, 0.6) is 0 Å². The monoisotopic (exact) mass is 295 g/mol. The van der Waals surface area contributed by atoms with Gasteiger partial charge in [0.2, 0.25) is 5.91 Å². The Morgan fingerprint density at radius 3 is 2.85 bits per heavy atom. The van der Waals surface area contributed by atoms with Gasteiger partial charge in [-0.2, -0.15) is 0 Å². The Balaban J connectivity index is 2.14. The van der Waals surface area contributed by atoms with Crippen molar-refractivity contribution < 1.29 is 9.59 Å². The van der Waals surface area contributed by atoms with Crippen LogP contribution >= 0.6 is 11.6 Å². The zero-order chi connectivity index (χ0) is 14.7. The molecular formula is C14H18ClN3O2. The van der Waals surface area contributed by atoms with Gasteiger partial charge < -0.3 is 15.1 Å². The van der Waals surface area contributed by atoms with Crippen LogP contribution in [0, 0.1) is 0 Å². The van der Waals surface area contributed by atoms with Gasteiger partial charge in [0, 0.05) is 20.1 Å². The highest BCUT2D eigenvalue weighted by Gasteiger charge is 2.37. The topological polar surface area (TPSA) is 52.7 Å². The Labute approximate surface area is 123 Å². The number of likely N-dealkylation sites (N-methyl/N-ethyl adjacent to an activating group) is 1. The molecule has 2 rings (SSSR count). The number of para-hydroxylation sites is 1. The van der Waals surface area contributed by atoms with Gasteiger partial charge in [0.05, 0.1) is 10.7 Å². The summed E-state index contributed by atoms with van der Waals surface area (Å²) in [5.41, 5.74) is 0.700. The van der Waals surface area contributed by atoms with E-state index in [1.54, 1.807) is 18.0 Å². The molecule has 1 aliphatic heterocycles. The SMILES string of the molecule is CCNC(=O)N(C)[C@H]1CCN(c2ccccc2Cl)C1=O. The van der Waals surface area contributed by atoms with Crippen LogP contribution in [0.1, 0.15) is 13.3 Å². The van der Waals surface area contributed by atoms with Crippen LogP contribution in [0.25, 0.3) is 0 Å². The van der Waals surface area contributed by atoms with E-state index in [9.17, 15) is 9.59 Å². The number of halogens is 1. The quantitative estimate of drug-likeness (QED) is 0.928. The van der Waals surface area contributed by atoms with Crippen molar-refractivity contribution >= 4 is 29.2 Å². The van der Waals surface area contributed by atoms with Gasteiger partial charge in [0.15, 0.2) is 0 Å². The lowest BCUT2D eigenvalue weighted by molar-refractivity contribution is -0.120. The number of nitrogens with one attached hydrogen (secondary N) is 1. The molecule has 0 unspecified atom stereocenters. The summed E-state index contributed by atoms with van der Waals surface area (Å²) in [5.74, 6) is -0.0909. The molecule has 5 nitrogen and oxygen atoms in total. The fourth-order valence-corrected chi connectivity index (χ4v) is 2.59. The Kier molecular flexibility index (Phi) is 4.49. The molecule has 20 heavy (non-hydrogen) atoms. The van der Waals surface area contributed by atoms with E-state index in [-0.39, 0.29) is 11.9 Å². The maximum Gasteiger partial charge on any atom is 0.317 e. The average molecular weight is 296 g/mol. The van der Waals surface area contributed by atoms with Crippen LogP contribution in [0.2, 0.25) is 5.02 Å². The third-order valence-electron chi connectivity index (χ3n) is 3.44. The predicted molar refractivity (Wildman–Crippen MR) is 79.0 cm³/mol. The molecule has 0 bridgehead atoms. The summed E-state index contributed by atoms with van der Waals surface area (Å²) < 4.78 is 0. The lowest BCUT2D eigenvalue weighted by atomic mass is 10.2. The zero-order valence-electron chi connectivity index (χ0n) is 11.6. The van der Waals surface area contributed by atoms with E-state index in [0.29, 0.717) is 30.2 Å². The minimum atomic E-state index is -0.433. The van der Waals surface area contributed by atoms with Crippen molar-refractivity contribution in [3.63, 3.8) is 0 Å². The molecule has 108 valence electrons. The van der Waals surface area contributed by atoms with Gasteiger partial charge in [0.25, 0.3) is 0 Å². The Hall–Kier alpha value is -1.75. The first kappa shape index (κ1) is 14.7. The molecule has 0 aliphatic carbocycles. The lowest BCUT2D eigenvalue weighted by Crippen LogP contribution is -2.47. The van der Waals surface area contributed by atoms with Gasteiger partial charge in [-0.1, -0.05) is 23.7 Å². The van der Waals surface area contributed by atoms with Crippen LogP contribution in [0.15, 0.2) is 24.3 Å². The molecule has 1 saturated heterocycles. The minimum Gasteiger partial charge on any atom is -0.338 e. The van der Waals surface area contributed by atoms with E-state index >= 15 is 0 Å². The number of rotatable bonds is 3. The number of urea groups is 1. The van der Waals surface area contributed by atoms with E-state index in [0.717, 1.165) is 0 Å². The molecule has 1 aliphatic rings. The van der Waals surface area contributed by atoms with Gasteiger partial charge in [-0.15, -0.1) is 0 Å². The average Bonchev–Trinajstić information content (AvgIpc) is 2.80. The van der Waals surface area contributed by atoms with Gasteiger partial charge in [-0.05, 0) is 25.5 Å². The molecule has 1 atom stereocenters. The molecule has 0 radical (unpaired) electrons. The van der Waals surface area contributed by atoms with E-state index in [4.69, 9.17) is 11.6 Å². The minimum absolute atomic E-state index is 0.0909. The molecular weight excluding hydrogens is 278 g/mol. The summed E-state index contributed by atoms with van der Waals surface area (Å²) in [6.45, 7) is 2.95. The summed E-state index contributed by atoms with van der Waals surface area (Å²) >= 11 is 6.12. The van der Waals surface area contributed by atoms with E-state index in [2.05, 4.69) is 5.32 Å². The molecule has 1 fully saturated rings. The molecule has 0 saturated carbocycles. The number of carbonyl (C=O) groups is 2. The van der Waals surface area contributed by atoms with Crippen molar-refractivity contribution in [3.8, 4) is 0 Å². The third kappa shape index (κ3) is 2.72. The number of nitrogens with zero attached hydrogens (tertiary/aromatic N) is 2. The summed E-state index contributed by atoms with van der Waals surface area (Å²) in [4.78, 5) is 27.4. The van der Waals surface area contributed by atoms with Crippen molar-refractivity contribution in [1.29, 1.82) is 0 Å². The summed E-state index contributed by atoms with van der Waals surface area (Å²) in [7, 11) is 1.64. The Morgan fingerprint density at radius 2 is 2.20 bits per heavy atom. The van der Waals surface area contributed by atoms with Crippen molar-refractivity contribution in [2.45, 2.75) is 19.4 Å². The van der Waals surface area contributed by atoms with Gasteiger partial charge >= 0.3 is 6.03 Å². The number of carbonyl (C=O) groups excluding carboxylic acids is 2. The first-order chi connectivity index (χ1) is 9.56. The second-order valence-corrected chi connectivity index (χ2v) is 5.10. The fourth-order valence-electron chi connectivity index (χ4n) is 2.35. The van der Waals surface area contributed by atoms with Crippen molar-refractivity contribution in [2.24, 2.45) is 0 Å². The molecule has 0 aromatic heterocycles. The van der Waals surface area contributed by atoms with E-state index < -0.39 is 6.04 Å². The molecule has 1 aromatic rings. The molecule has 3 amide bonds. The van der Waals surface area contributed by atoms with Crippen molar-refractivity contribution in [2.75, 3.05) is 25.0 Å². The standard InChI is InChI=1S/C14H18ClN3O2/c1-3-16-14(20)17(2)12-8-9-18(13(12)19)11-7-5-4-6-10(11)15/h4-7,12H,3,8-9H2,1-2H3,(H,16,20)/t12-/m0/s1. The predicted octanol–water partition coefficient (Wildman–Crippen LogP) is 2.11. The Morgan fingerprint density at radius 1 is 1.50 bits per heavy atom. The van der Waals surface area contributed by atoms with Gasteiger partial charge in [0.1, 0.15) is 6.04 Å². The molecule has 1 N–H and O–H groups in total. The van der Waals surface area contributed by atoms with Crippen molar-refractivity contribution in [3.05, 3.63) is 29.3 Å². The maximum absolute atomic E-state index is 12.5. The van der Waals surface area contributed by atoms with Crippen molar-refractivity contribution in [1.82, 2.24) is 10.2 Å². The molecule has 1 aromatic carbocycles. The van der Waals surface area contributed by atoms with Crippen LogP contribution in [-0.4, -0.2) is 43.0 Å². The lowest BCUT2D eigenvalue weighted by Gasteiger charge is -2.24. The Bertz CT molecular complexity index is 521. The fraction of sp³-hybridized carbons (Fsp3) is 0.429. The number of hydrogen-bond acceptors (Lipinski definition) is 2. The summed E-state index contributed by atoms with van der Waals surface area (Å²) in [6, 6.07) is 6.57. The second-order valence-electron chi connectivity index (χ2n) is 4.69. The first-order valence-corrected chi connectivity index (χ1v) is 7.00. The van der Waals surface area contributed by atoms with Crippen LogP contribution in [0.4, 0.5) is 10.5 Å². The highest BCUT2D eigenvalue weighted by Crippen LogP contribution is 2.30. The maximum atomic E-state index is 12.5. The van der Waals surface area contributed by atoms with Crippen LogP contribution in [0.3, 0.4) is 0 Å². The number of amides is 3. The molecule has 6 heteroatoms. The number of anilines is 1. The van der Waals surface area contributed by atoms with Gasteiger partial charge in [-0.25, -0.2) is 4.79 Å². The highest BCUT2D eigenvalue weighted by atomic mass is 35.5. The summed E-state index contributed by atoms with van der Waals surface area (Å²) in [6.07, 6.45) is 0.609. The second kappa shape index (κ2) is 6.13. The number of benzene rings is 1. The largest absolute Gasteiger partial charge is 0.338 e. The van der Waals surface area contributed by atoms with Crippen LogP contribution in [-0.2, 0) is 4.79 Å². The van der Waals surface area contributed by atoms with Gasteiger partial charge in [-0.3, -0.25) is 4.79 Å². The van der Waals surface area contributed by atoms with E-state index in [1.807, 2.05) is 25.1 Å². The number of hydrogen-bond donors (Lipinski definition) is 1. The smallest absolute Gasteiger partial charge is 0.317 e. The third-order valence-corrected chi connectivity index (χ3v) is 3.76. The highest BCUT2D eigenvalue weighted by molar-refractivity contribution is 6.34. The molecule has 1 heterocycles. The van der Waals surface area contributed by atoms with E-state index in [1.165, 1.54) is 4.90 Å². The summed E-state index contributed by atoms with van der Waals surface area (Å²) in [5, 5.41) is 3.24. The first-order valence-electron chi connectivity index (χ1n) is 6.62. The normalized spacial score (nSPS) is 18.2. The molecule has 0 spiro atoms. The van der Waals surface area contributed by atoms with Crippen LogP contribution < -0.4 is 10.2 Å².